The number of pyridine rings is 2. The van der Waals surface area contributed by atoms with Gasteiger partial charge in [0.2, 0.25) is 20.0 Å². The van der Waals surface area contributed by atoms with Crippen molar-refractivity contribution in [3.05, 3.63) is 227 Å². The first-order valence-electron chi connectivity index (χ1n) is 30.5. The van der Waals surface area contributed by atoms with Crippen LogP contribution in [0.2, 0.25) is 0 Å². The standard InChI is InChI=1S/C33H27F2N3O5S.C24H21BrFN3O5S.C15H18BFO2/c1-36-32(39)30-26-15-24(21-14-25(33(40)37(2)17-21)20-12-19-6-5-7-27(35)23(19)13-20)28(38(3)44(4,41)42)16-29(26)43-31(30)18-8-10-22(34)11-9-18;1-27-23(30)21-17-10-16(14-9-18(25)24(31)28(2)12-14)19(29(3)35(4,32)33)11-20(17)34-22(21)13-5-7-15(26)8-6-13;1-14(2)15(3,4)19-16(18-14)11-8-10-6-5-7-13(17)12(10)9-11/h5-11,13-17H,12H2,1-4H3,(H,36,39);5-12H,1-4H3,(H,27,30);5-7,9H,8H2,1-4H3. The normalized spacial score (nSPS) is 14.4. The largest absolute Gasteiger partial charge is 0.490 e. The number of benzene rings is 6. The highest BCUT2D eigenvalue weighted by Gasteiger charge is 2.53. The molecular formula is C72H66BBrF4N6O12S2. The number of nitrogens with one attached hydrogen (secondary N) is 2. The SMILES string of the molecule is CC1(C)OB(C2=Cc3c(F)cccc3C2)OC1(C)C.CNC(=O)c1c(-c2ccc(F)cc2)oc2cc(N(C)S(C)(=O)=O)c(-c3cc(Br)c(=O)n(C)c3)cc12.CNC(=O)c1c(-c2ccc(F)cc2)oc2cc(N(C)S(C)(=O)=O)c(-c3cc(C4=Cc5c(F)cccc5C4)c(=O)n(C)c3)cc12. The highest BCUT2D eigenvalue weighted by molar-refractivity contribution is 9.10. The lowest BCUT2D eigenvalue weighted by atomic mass is 9.77. The van der Waals surface area contributed by atoms with Gasteiger partial charge in [-0.25, -0.2) is 34.4 Å². The fraction of sp³-hybridized carbons (Fsp3) is 0.222. The number of rotatable bonds is 12. The molecule has 5 heterocycles. The van der Waals surface area contributed by atoms with Crippen LogP contribution in [-0.4, -0.2) is 96.8 Å². The molecule has 26 heteroatoms. The Morgan fingerprint density at radius 2 is 0.980 bits per heavy atom. The maximum absolute atomic E-state index is 14.5. The second-order valence-corrected chi connectivity index (χ2v) is 29.9. The van der Waals surface area contributed by atoms with E-state index in [0.29, 0.717) is 79.3 Å². The van der Waals surface area contributed by atoms with E-state index in [9.17, 15) is 53.6 Å². The third kappa shape index (κ3) is 13.3. The highest BCUT2D eigenvalue weighted by Crippen LogP contribution is 2.46. The second-order valence-electron chi connectivity index (χ2n) is 25.0. The van der Waals surface area contributed by atoms with E-state index in [-0.39, 0.29) is 90.7 Å². The van der Waals surface area contributed by atoms with E-state index in [1.54, 1.807) is 75.0 Å². The summed E-state index contributed by atoms with van der Waals surface area (Å²) in [6, 6.07) is 30.5. The van der Waals surface area contributed by atoms with Crippen molar-refractivity contribution in [3.63, 3.8) is 0 Å². The van der Waals surface area contributed by atoms with Crippen LogP contribution in [0.4, 0.5) is 28.9 Å². The van der Waals surface area contributed by atoms with Crippen LogP contribution in [0.3, 0.4) is 0 Å². The number of aryl methyl sites for hydroxylation is 2. The maximum atomic E-state index is 14.5. The van der Waals surface area contributed by atoms with Crippen molar-refractivity contribution in [1.82, 2.24) is 19.8 Å². The molecule has 98 heavy (non-hydrogen) atoms. The van der Waals surface area contributed by atoms with Crippen molar-refractivity contribution in [3.8, 4) is 44.9 Å². The summed E-state index contributed by atoms with van der Waals surface area (Å²) in [5.74, 6) is -1.95. The zero-order chi connectivity index (χ0) is 71.0. The molecule has 13 rings (SSSR count). The molecule has 4 aromatic heterocycles. The molecule has 0 unspecified atom stereocenters. The van der Waals surface area contributed by atoms with Gasteiger partial charge in [0.05, 0.1) is 50.7 Å². The minimum atomic E-state index is -3.77. The van der Waals surface area contributed by atoms with Crippen molar-refractivity contribution in [1.29, 1.82) is 0 Å². The first kappa shape index (κ1) is 69.7. The number of sulfonamides is 2. The Bertz CT molecular complexity index is 5340. The fourth-order valence-corrected chi connectivity index (χ4v) is 13.4. The Hall–Kier alpha value is -9.60. The summed E-state index contributed by atoms with van der Waals surface area (Å²) in [7, 11) is 1.08. The number of halogens is 5. The average Bonchev–Trinajstić information content (AvgIpc) is 1.57. The minimum absolute atomic E-state index is 0.177. The molecule has 0 radical (unpaired) electrons. The number of carbonyl (C=O) groups excluding carboxylic acids is 2. The number of fused-ring (bicyclic) bond motifs is 4. The average molecular weight is 1440 g/mol. The van der Waals surface area contributed by atoms with Gasteiger partial charge < -0.3 is 37.9 Å². The fourth-order valence-electron chi connectivity index (χ4n) is 11.8. The lowest BCUT2D eigenvalue weighted by molar-refractivity contribution is 0.00578. The van der Waals surface area contributed by atoms with Crippen molar-refractivity contribution < 1.29 is 62.1 Å². The summed E-state index contributed by atoms with van der Waals surface area (Å²) in [5, 5.41) is 6.02. The Balaban J connectivity index is 0.000000160. The molecule has 3 aliphatic rings. The third-order valence-electron chi connectivity index (χ3n) is 18.0. The first-order valence-corrected chi connectivity index (χ1v) is 35.0. The summed E-state index contributed by atoms with van der Waals surface area (Å²) >= 11 is 3.26. The molecule has 18 nitrogen and oxygen atoms in total. The van der Waals surface area contributed by atoms with E-state index in [2.05, 4.69) is 26.6 Å². The van der Waals surface area contributed by atoms with Crippen LogP contribution < -0.4 is 30.4 Å². The summed E-state index contributed by atoms with van der Waals surface area (Å²) in [6.07, 6.45) is 9.86. The monoisotopic (exact) mass is 1440 g/mol. The predicted octanol–water partition coefficient (Wildman–Crippen LogP) is 13.1. The van der Waals surface area contributed by atoms with Crippen LogP contribution in [0.25, 0.3) is 84.6 Å². The smallest absolute Gasteiger partial charge is 0.455 e. The second kappa shape index (κ2) is 26.3. The van der Waals surface area contributed by atoms with E-state index < -0.39 is 43.5 Å². The minimum Gasteiger partial charge on any atom is -0.455 e. The summed E-state index contributed by atoms with van der Waals surface area (Å²) in [5.41, 5.74) is 7.76. The zero-order valence-corrected chi connectivity index (χ0v) is 58.5. The Morgan fingerprint density at radius 3 is 1.39 bits per heavy atom. The topological polar surface area (TPSA) is 222 Å². The third-order valence-corrected chi connectivity index (χ3v) is 20.9. The number of anilines is 2. The van der Waals surface area contributed by atoms with Crippen LogP contribution in [0.15, 0.2) is 162 Å². The van der Waals surface area contributed by atoms with Gasteiger partial charge in [-0.1, -0.05) is 30.3 Å². The van der Waals surface area contributed by atoms with Crippen LogP contribution in [0.5, 0.6) is 0 Å². The molecule has 1 fully saturated rings. The molecule has 1 aliphatic heterocycles. The number of hydrogen-bond acceptors (Lipinski definition) is 12. The van der Waals surface area contributed by atoms with Gasteiger partial charge in [-0.2, -0.15) is 0 Å². The summed E-state index contributed by atoms with van der Waals surface area (Å²) in [6.45, 7) is 8.10. The van der Waals surface area contributed by atoms with Crippen molar-refractivity contribution in [2.24, 2.45) is 14.1 Å². The molecule has 0 bridgehead atoms. The van der Waals surface area contributed by atoms with E-state index >= 15 is 0 Å². The summed E-state index contributed by atoms with van der Waals surface area (Å²) in [4.78, 5) is 51.7. The molecule has 6 aromatic carbocycles. The molecule has 0 spiro atoms. The van der Waals surface area contributed by atoms with Gasteiger partial charge in [0.15, 0.2) is 0 Å². The zero-order valence-electron chi connectivity index (χ0n) is 55.2. The molecule has 0 saturated carbocycles. The lowest BCUT2D eigenvalue weighted by Gasteiger charge is -2.32. The lowest BCUT2D eigenvalue weighted by Crippen LogP contribution is -2.41. The Labute approximate surface area is 571 Å². The van der Waals surface area contributed by atoms with Crippen LogP contribution in [-0.2, 0) is 56.3 Å². The number of furan rings is 2. The van der Waals surface area contributed by atoms with Crippen molar-refractivity contribution in [2.45, 2.75) is 51.7 Å². The molecule has 1 saturated heterocycles. The van der Waals surface area contributed by atoms with E-state index in [1.165, 1.54) is 110 Å². The van der Waals surface area contributed by atoms with Gasteiger partial charge in [-0.05, 0) is 170 Å². The molecule has 2 aliphatic carbocycles. The van der Waals surface area contributed by atoms with E-state index in [4.69, 9.17) is 18.1 Å². The Morgan fingerprint density at radius 1 is 0.561 bits per heavy atom. The van der Waals surface area contributed by atoms with Crippen molar-refractivity contribution >= 4 is 106 Å². The van der Waals surface area contributed by atoms with Gasteiger partial charge in [0.25, 0.3) is 22.9 Å². The van der Waals surface area contributed by atoms with Crippen LogP contribution in [0, 0.1) is 23.3 Å². The number of nitrogens with zero attached hydrogens (tertiary/aromatic N) is 4. The van der Waals surface area contributed by atoms with Gasteiger partial charge in [-0.3, -0.25) is 27.8 Å². The molecule has 2 N–H and O–H groups in total. The first-order chi connectivity index (χ1) is 46.1. The van der Waals surface area contributed by atoms with Gasteiger partial charge in [0, 0.05) is 128 Å². The number of allylic oxidation sites excluding steroid dienone is 2. The van der Waals surface area contributed by atoms with E-state index in [1.807, 2.05) is 39.8 Å². The maximum Gasteiger partial charge on any atom is 0.490 e. The number of aromatic nitrogens is 2. The van der Waals surface area contributed by atoms with Crippen molar-refractivity contribution in [2.75, 3.05) is 49.3 Å². The quantitative estimate of drug-likeness (QED) is 0.0861. The van der Waals surface area contributed by atoms with E-state index in [0.717, 1.165) is 37.7 Å². The van der Waals surface area contributed by atoms with Crippen LogP contribution in [0.1, 0.15) is 76.2 Å². The number of hydrogen-bond donors (Lipinski definition) is 2. The molecule has 10 aromatic rings. The Kier molecular flexibility index (Phi) is 18.7. The predicted molar refractivity (Wildman–Crippen MR) is 378 cm³/mol. The van der Waals surface area contributed by atoms with Gasteiger partial charge in [-0.15, -0.1) is 0 Å². The number of carbonyl (C=O) groups is 2. The molecule has 0 atom stereocenters. The molecular weight excluding hydrogens is 1370 g/mol. The molecule has 2 amide bonds. The number of amides is 2. The van der Waals surface area contributed by atoms with Gasteiger partial charge in [0.1, 0.15) is 46.0 Å². The van der Waals surface area contributed by atoms with Crippen LogP contribution >= 0.6 is 15.9 Å². The molecule has 506 valence electrons. The highest BCUT2D eigenvalue weighted by atomic mass is 79.9. The van der Waals surface area contributed by atoms with Gasteiger partial charge >= 0.3 is 7.12 Å². The summed E-state index contributed by atoms with van der Waals surface area (Å²) < 4.78 is 135.